The number of sulfonamides is 1. The van der Waals surface area contributed by atoms with Gasteiger partial charge in [0.15, 0.2) is 0 Å². The largest absolute Gasteiger partial charge is 0.344 e. The molecule has 0 aliphatic heterocycles. The molecule has 0 saturated heterocycles. The summed E-state index contributed by atoms with van der Waals surface area (Å²) in [5, 5.41) is 3.05. The molecule has 5 nitrogen and oxygen atoms in total. The minimum absolute atomic E-state index is 0.295. The van der Waals surface area contributed by atoms with Crippen molar-refractivity contribution >= 4 is 21.6 Å². The quantitative estimate of drug-likeness (QED) is 0.601. The molecule has 0 spiro atoms. The van der Waals surface area contributed by atoms with E-state index in [1.807, 2.05) is 81.4 Å². The number of nitrogens with zero attached hydrogens (tertiary/aromatic N) is 1. The molecule has 0 unspecified atom stereocenters. The highest BCUT2D eigenvalue weighted by Crippen LogP contribution is 2.26. The summed E-state index contributed by atoms with van der Waals surface area (Å²) in [7, 11) is -3.65. The second kappa shape index (κ2) is 9.35. The van der Waals surface area contributed by atoms with Crippen LogP contribution < -0.4 is 9.62 Å². The first-order chi connectivity index (χ1) is 14.6. The molecule has 3 aromatic rings. The predicted molar refractivity (Wildman–Crippen MR) is 126 cm³/mol. The van der Waals surface area contributed by atoms with Crippen LogP contribution in [0.2, 0.25) is 0 Å². The third kappa shape index (κ3) is 5.73. The van der Waals surface area contributed by atoms with Crippen LogP contribution in [0.3, 0.4) is 0 Å². The van der Waals surface area contributed by atoms with E-state index in [1.54, 1.807) is 12.1 Å². The standard InChI is InChI=1S/C25H28N2O3S/c1-18-14-19(2)16-22(15-18)27(31(4,29)30)17-24(28)26-25(21-11-6-5-7-12-21)23-13-9-8-10-20(23)3/h5-16,25H,17H2,1-4H3,(H,26,28)/t25-/m0/s1. The zero-order chi connectivity index (χ0) is 22.6. The Morgan fingerprint density at radius 3 is 2.06 bits per heavy atom. The fourth-order valence-electron chi connectivity index (χ4n) is 3.73. The molecule has 162 valence electrons. The van der Waals surface area contributed by atoms with Gasteiger partial charge in [-0.3, -0.25) is 9.10 Å². The van der Waals surface area contributed by atoms with E-state index in [0.717, 1.165) is 38.4 Å². The zero-order valence-electron chi connectivity index (χ0n) is 18.3. The van der Waals surface area contributed by atoms with E-state index in [4.69, 9.17) is 0 Å². The van der Waals surface area contributed by atoms with Crippen LogP contribution in [-0.2, 0) is 14.8 Å². The fraction of sp³-hybridized carbons (Fsp3) is 0.240. The predicted octanol–water partition coefficient (Wildman–Crippen LogP) is 4.28. The molecule has 6 heteroatoms. The first-order valence-electron chi connectivity index (χ1n) is 10.1. The lowest BCUT2D eigenvalue weighted by atomic mass is 9.95. The molecule has 31 heavy (non-hydrogen) atoms. The van der Waals surface area contributed by atoms with E-state index in [0.29, 0.717) is 5.69 Å². The summed E-state index contributed by atoms with van der Waals surface area (Å²) in [6.07, 6.45) is 1.12. The van der Waals surface area contributed by atoms with Crippen LogP contribution in [0.1, 0.15) is 33.9 Å². The maximum atomic E-state index is 13.1. The lowest BCUT2D eigenvalue weighted by Gasteiger charge is -2.26. The van der Waals surface area contributed by atoms with Gasteiger partial charge in [-0.25, -0.2) is 8.42 Å². The molecule has 0 fully saturated rings. The normalized spacial score (nSPS) is 12.3. The van der Waals surface area contributed by atoms with Gasteiger partial charge in [0.1, 0.15) is 6.54 Å². The number of carbonyl (C=O) groups excluding carboxylic acids is 1. The number of aryl methyl sites for hydroxylation is 3. The summed E-state index contributed by atoms with van der Waals surface area (Å²) >= 11 is 0. The van der Waals surface area contributed by atoms with E-state index >= 15 is 0 Å². The van der Waals surface area contributed by atoms with Gasteiger partial charge in [-0.2, -0.15) is 0 Å². The van der Waals surface area contributed by atoms with Crippen LogP contribution in [0, 0.1) is 20.8 Å². The Hall–Kier alpha value is -3.12. The van der Waals surface area contributed by atoms with Crippen LogP contribution >= 0.6 is 0 Å². The van der Waals surface area contributed by atoms with Crippen LogP contribution in [0.5, 0.6) is 0 Å². The number of anilines is 1. The van der Waals surface area contributed by atoms with E-state index in [9.17, 15) is 13.2 Å². The molecule has 3 rings (SSSR count). The highest BCUT2D eigenvalue weighted by Gasteiger charge is 2.24. The van der Waals surface area contributed by atoms with Crippen molar-refractivity contribution in [3.63, 3.8) is 0 Å². The summed E-state index contributed by atoms with van der Waals surface area (Å²) in [4.78, 5) is 13.1. The van der Waals surface area contributed by atoms with Gasteiger partial charge >= 0.3 is 0 Å². The Kier molecular flexibility index (Phi) is 6.81. The van der Waals surface area contributed by atoms with Crippen molar-refractivity contribution in [1.29, 1.82) is 0 Å². The van der Waals surface area contributed by atoms with Crippen molar-refractivity contribution in [2.45, 2.75) is 26.8 Å². The lowest BCUT2D eigenvalue weighted by molar-refractivity contribution is -0.120. The van der Waals surface area contributed by atoms with Gasteiger partial charge in [-0.05, 0) is 60.7 Å². The number of benzene rings is 3. The molecular weight excluding hydrogens is 408 g/mol. The summed E-state index contributed by atoms with van der Waals surface area (Å²) < 4.78 is 26.2. The molecule has 1 amide bonds. The molecule has 1 atom stereocenters. The first-order valence-corrected chi connectivity index (χ1v) is 12.0. The Bertz CT molecular complexity index is 1150. The third-order valence-electron chi connectivity index (χ3n) is 5.12. The smallest absolute Gasteiger partial charge is 0.241 e. The average molecular weight is 437 g/mol. The number of hydrogen-bond donors (Lipinski definition) is 1. The number of nitrogens with one attached hydrogen (secondary N) is 1. The second-order valence-corrected chi connectivity index (χ2v) is 9.79. The number of rotatable bonds is 7. The van der Waals surface area contributed by atoms with Gasteiger partial charge in [0.2, 0.25) is 15.9 Å². The minimum Gasteiger partial charge on any atom is -0.344 e. The summed E-state index contributed by atoms with van der Waals surface area (Å²) in [5.41, 5.74) is 5.31. The number of hydrogen-bond acceptors (Lipinski definition) is 3. The molecule has 3 aromatic carbocycles. The Morgan fingerprint density at radius 1 is 0.903 bits per heavy atom. The lowest BCUT2D eigenvalue weighted by Crippen LogP contribution is -2.42. The minimum atomic E-state index is -3.65. The first kappa shape index (κ1) is 22.6. The molecule has 0 aromatic heterocycles. The van der Waals surface area contributed by atoms with E-state index in [2.05, 4.69) is 5.32 Å². The van der Waals surface area contributed by atoms with Gasteiger partial charge in [-0.1, -0.05) is 60.7 Å². The van der Waals surface area contributed by atoms with Gasteiger partial charge in [0, 0.05) is 0 Å². The molecule has 1 N–H and O–H groups in total. The maximum absolute atomic E-state index is 13.1. The Morgan fingerprint density at radius 2 is 1.48 bits per heavy atom. The van der Waals surface area contributed by atoms with E-state index in [-0.39, 0.29) is 18.5 Å². The van der Waals surface area contributed by atoms with Gasteiger partial charge < -0.3 is 5.32 Å². The highest BCUT2D eigenvalue weighted by molar-refractivity contribution is 7.92. The van der Waals surface area contributed by atoms with E-state index < -0.39 is 10.0 Å². The zero-order valence-corrected chi connectivity index (χ0v) is 19.1. The van der Waals surface area contributed by atoms with Gasteiger partial charge in [0.25, 0.3) is 0 Å². The Balaban J connectivity index is 1.93. The van der Waals surface area contributed by atoms with Crippen molar-refractivity contribution in [1.82, 2.24) is 5.32 Å². The molecular formula is C25H28N2O3S. The third-order valence-corrected chi connectivity index (χ3v) is 6.26. The summed E-state index contributed by atoms with van der Waals surface area (Å²) in [6, 6.07) is 22.7. The topological polar surface area (TPSA) is 66.5 Å². The van der Waals surface area contributed by atoms with E-state index in [1.165, 1.54) is 0 Å². The monoisotopic (exact) mass is 436 g/mol. The molecule has 0 bridgehead atoms. The Labute approximate surface area is 184 Å². The van der Waals surface area contributed by atoms with Crippen molar-refractivity contribution in [3.05, 3.63) is 101 Å². The molecule has 0 radical (unpaired) electrons. The molecule has 0 aliphatic rings. The van der Waals surface area contributed by atoms with Crippen LogP contribution in [0.25, 0.3) is 0 Å². The highest BCUT2D eigenvalue weighted by atomic mass is 32.2. The number of carbonyl (C=O) groups is 1. The van der Waals surface area contributed by atoms with Crippen LogP contribution in [0.4, 0.5) is 5.69 Å². The fourth-order valence-corrected chi connectivity index (χ4v) is 4.57. The molecule has 0 heterocycles. The average Bonchev–Trinajstić information content (AvgIpc) is 2.70. The van der Waals surface area contributed by atoms with Crippen molar-refractivity contribution in [2.75, 3.05) is 17.1 Å². The van der Waals surface area contributed by atoms with Gasteiger partial charge in [-0.15, -0.1) is 0 Å². The van der Waals surface area contributed by atoms with Crippen molar-refractivity contribution in [2.24, 2.45) is 0 Å². The maximum Gasteiger partial charge on any atom is 0.241 e. The van der Waals surface area contributed by atoms with Crippen LogP contribution in [-0.4, -0.2) is 27.1 Å². The second-order valence-electron chi connectivity index (χ2n) is 7.88. The molecule has 0 saturated carbocycles. The summed E-state index contributed by atoms with van der Waals surface area (Å²) in [5.74, 6) is -0.373. The van der Waals surface area contributed by atoms with Crippen molar-refractivity contribution in [3.8, 4) is 0 Å². The summed E-state index contributed by atoms with van der Waals surface area (Å²) in [6.45, 7) is 5.51. The molecule has 0 aliphatic carbocycles. The van der Waals surface area contributed by atoms with Gasteiger partial charge in [0.05, 0.1) is 18.0 Å². The number of amides is 1. The van der Waals surface area contributed by atoms with Crippen LogP contribution in [0.15, 0.2) is 72.8 Å². The van der Waals surface area contributed by atoms with Crippen molar-refractivity contribution < 1.29 is 13.2 Å². The SMILES string of the molecule is Cc1cc(C)cc(N(CC(=O)N[C@@H](c2ccccc2)c2ccccc2C)S(C)(=O)=O)c1.